The minimum Gasteiger partial charge on any atom is -0.395 e. The Bertz CT molecular complexity index is 433. The van der Waals surface area contributed by atoms with Crippen molar-refractivity contribution in [1.82, 2.24) is 4.31 Å². The monoisotopic (exact) mass is 293 g/mol. The Morgan fingerprint density at radius 1 is 1.47 bits per heavy atom. The van der Waals surface area contributed by atoms with Crippen molar-refractivity contribution in [2.75, 3.05) is 20.2 Å². The highest BCUT2D eigenvalue weighted by Gasteiger charge is 2.19. The zero-order valence-corrected chi connectivity index (χ0v) is 10.6. The average molecular weight is 294 g/mol. The molecule has 1 N–H and O–H groups in total. The molecule has 0 amide bonds. The summed E-state index contributed by atoms with van der Waals surface area (Å²) in [5, 5.41) is 8.69. The van der Waals surface area contributed by atoms with Crippen LogP contribution < -0.4 is 0 Å². The molecule has 0 saturated carbocycles. The van der Waals surface area contributed by atoms with Gasteiger partial charge in [0.1, 0.15) is 0 Å². The van der Waals surface area contributed by atoms with Gasteiger partial charge in [0.25, 0.3) is 0 Å². The minimum atomic E-state index is -3.48. The smallest absolute Gasteiger partial charge is 0.242 e. The number of aliphatic hydroxyl groups is 1. The van der Waals surface area contributed by atoms with Gasteiger partial charge in [-0.1, -0.05) is 22.0 Å². The van der Waals surface area contributed by atoms with Crippen molar-refractivity contribution in [2.24, 2.45) is 0 Å². The summed E-state index contributed by atoms with van der Waals surface area (Å²) in [5.41, 5.74) is 0. The Morgan fingerprint density at radius 3 is 2.67 bits per heavy atom. The van der Waals surface area contributed by atoms with Gasteiger partial charge in [-0.05, 0) is 18.2 Å². The first-order chi connectivity index (χ1) is 6.98. The summed E-state index contributed by atoms with van der Waals surface area (Å²) in [6.07, 6.45) is 0. The second kappa shape index (κ2) is 5.07. The van der Waals surface area contributed by atoms with E-state index in [1.165, 1.54) is 19.2 Å². The van der Waals surface area contributed by atoms with Crippen molar-refractivity contribution in [1.29, 1.82) is 0 Å². The molecule has 0 aromatic heterocycles. The molecule has 15 heavy (non-hydrogen) atoms. The summed E-state index contributed by atoms with van der Waals surface area (Å²) in [4.78, 5) is 0.216. The molecule has 0 aliphatic heterocycles. The van der Waals surface area contributed by atoms with Gasteiger partial charge in [0, 0.05) is 18.1 Å². The molecule has 84 valence electrons. The summed E-state index contributed by atoms with van der Waals surface area (Å²) in [5.74, 6) is 0. The van der Waals surface area contributed by atoms with Crippen LogP contribution in [0.25, 0.3) is 0 Å². The van der Waals surface area contributed by atoms with Gasteiger partial charge in [0.15, 0.2) is 0 Å². The van der Waals surface area contributed by atoms with E-state index in [-0.39, 0.29) is 18.0 Å². The van der Waals surface area contributed by atoms with Crippen LogP contribution >= 0.6 is 15.9 Å². The van der Waals surface area contributed by atoms with Crippen LogP contribution in [0.5, 0.6) is 0 Å². The van der Waals surface area contributed by atoms with Crippen molar-refractivity contribution in [3.8, 4) is 0 Å². The lowest BCUT2D eigenvalue weighted by molar-refractivity contribution is 0.266. The van der Waals surface area contributed by atoms with Gasteiger partial charge < -0.3 is 5.11 Å². The predicted octanol–water partition coefficient (Wildman–Crippen LogP) is 1.06. The minimum absolute atomic E-state index is 0.0921. The van der Waals surface area contributed by atoms with E-state index in [0.29, 0.717) is 4.47 Å². The summed E-state index contributed by atoms with van der Waals surface area (Å²) >= 11 is 3.21. The van der Waals surface area contributed by atoms with Gasteiger partial charge in [0.2, 0.25) is 10.0 Å². The summed E-state index contributed by atoms with van der Waals surface area (Å²) in [6, 6.07) is 6.46. The summed E-state index contributed by atoms with van der Waals surface area (Å²) in [6.45, 7) is -0.0986. The van der Waals surface area contributed by atoms with E-state index in [1.54, 1.807) is 12.1 Å². The number of halogens is 1. The van der Waals surface area contributed by atoms with Crippen LogP contribution in [0.15, 0.2) is 33.6 Å². The molecule has 0 fully saturated rings. The lowest BCUT2D eigenvalue weighted by Crippen LogP contribution is -2.29. The lowest BCUT2D eigenvalue weighted by atomic mass is 10.4. The van der Waals surface area contributed by atoms with E-state index in [4.69, 9.17) is 5.11 Å². The summed E-state index contributed by atoms with van der Waals surface area (Å²) < 4.78 is 25.6. The van der Waals surface area contributed by atoms with E-state index in [2.05, 4.69) is 15.9 Å². The Balaban J connectivity index is 3.06. The molecular weight excluding hydrogens is 282 g/mol. The van der Waals surface area contributed by atoms with Crippen molar-refractivity contribution in [3.63, 3.8) is 0 Å². The van der Waals surface area contributed by atoms with Crippen molar-refractivity contribution >= 4 is 26.0 Å². The van der Waals surface area contributed by atoms with Gasteiger partial charge in [-0.3, -0.25) is 0 Å². The topological polar surface area (TPSA) is 57.6 Å². The first-order valence-electron chi connectivity index (χ1n) is 4.31. The number of benzene rings is 1. The highest BCUT2D eigenvalue weighted by atomic mass is 79.9. The van der Waals surface area contributed by atoms with Gasteiger partial charge in [-0.25, -0.2) is 8.42 Å². The Hall–Kier alpha value is -0.430. The first-order valence-corrected chi connectivity index (χ1v) is 6.54. The molecule has 0 heterocycles. The van der Waals surface area contributed by atoms with Crippen LogP contribution in [-0.2, 0) is 10.0 Å². The van der Waals surface area contributed by atoms with Crippen molar-refractivity contribution in [3.05, 3.63) is 28.7 Å². The third kappa shape index (κ3) is 3.01. The lowest BCUT2D eigenvalue weighted by Gasteiger charge is -2.15. The number of aliphatic hydroxyl groups excluding tert-OH is 1. The quantitative estimate of drug-likeness (QED) is 0.903. The first kappa shape index (κ1) is 12.6. The molecule has 4 nitrogen and oxygen atoms in total. The molecule has 0 unspecified atom stereocenters. The van der Waals surface area contributed by atoms with Gasteiger partial charge in [0.05, 0.1) is 11.5 Å². The van der Waals surface area contributed by atoms with Gasteiger partial charge in [-0.2, -0.15) is 4.31 Å². The molecule has 1 aromatic carbocycles. The van der Waals surface area contributed by atoms with Crippen LogP contribution in [0.3, 0.4) is 0 Å². The van der Waals surface area contributed by atoms with Gasteiger partial charge in [-0.15, -0.1) is 0 Å². The zero-order valence-electron chi connectivity index (χ0n) is 8.22. The number of nitrogens with zero attached hydrogens (tertiary/aromatic N) is 1. The highest BCUT2D eigenvalue weighted by molar-refractivity contribution is 9.10. The standard InChI is InChI=1S/C9H12BrNO3S/c1-11(5-6-12)15(13,14)9-4-2-3-8(10)7-9/h2-4,7,12H,5-6H2,1H3. The number of likely N-dealkylation sites (N-methyl/N-ethyl adjacent to an activating group) is 1. The molecule has 0 aliphatic carbocycles. The Labute approximate surface area is 97.7 Å². The Morgan fingerprint density at radius 2 is 2.13 bits per heavy atom. The van der Waals surface area contributed by atoms with Crippen molar-refractivity contribution in [2.45, 2.75) is 4.90 Å². The molecule has 0 bridgehead atoms. The second-order valence-corrected chi connectivity index (χ2v) is 5.97. The normalized spacial score (nSPS) is 12.0. The molecule has 0 radical (unpaired) electrons. The number of hydrogen-bond donors (Lipinski definition) is 1. The molecule has 0 aliphatic rings. The fourth-order valence-electron chi connectivity index (χ4n) is 1.07. The molecule has 1 aromatic rings. The van der Waals surface area contributed by atoms with Crippen LogP contribution in [0.2, 0.25) is 0 Å². The third-order valence-electron chi connectivity index (χ3n) is 1.92. The van der Waals surface area contributed by atoms with Crippen LogP contribution in [0, 0.1) is 0 Å². The number of rotatable bonds is 4. The zero-order chi connectivity index (χ0) is 11.5. The number of sulfonamides is 1. The summed E-state index contributed by atoms with van der Waals surface area (Å²) in [7, 11) is -2.04. The fraction of sp³-hybridized carbons (Fsp3) is 0.333. The van der Waals surface area contributed by atoms with Crippen molar-refractivity contribution < 1.29 is 13.5 Å². The molecule has 0 saturated heterocycles. The van der Waals surface area contributed by atoms with E-state index >= 15 is 0 Å². The van der Waals surface area contributed by atoms with E-state index in [1.807, 2.05) is 0 Å². The Kier molecular flexibility index (Phi) is 4.27. The maximum absolute atomic E-state index is 11.9. The number of hydrogen-bond acceptors (Lipinski definition) is 3. The van der Waals surface area contributed by atoms with E-state index in [0.717, 1.165) is 4.31 Å². The average Bonchev–Trinajstić information content (AvgIpc) is 2.18. The SMILES string of the molecule is CN(CCO)S(=O)(=O)c1cccc(Br)c1. The van der Waals surface area contributed by atoms with E-state index in [9.17, 15) is 8.42 Å². The molecular formula is C9H12BrNO3S. The predicted molar refractivity (Wildman–Crippen MR) is 61.0 cm³/mol. The fourth-order valence-corrected chi connectivity index (χ4v) is 2.83. The molecule has 1 rings (SSSR count). The largest absolute Gasteiger partial charge is 0.395 e. The molecule has 0 atom stereocenters. The van der Waals surface area contributed by atoms with Gasteiger partial charge >= 0.3 is 0 Å². The third-order valence-corrected chi connectivity index (χ3v) is 4.27. The van der Waals surface area contributed by atoms with Crippen LogP contribution in [0.1, 0.15) is 0 Å². The second-order valence-electron chi connectivity index (χ2n) is 3.01. The van der Waals surface area contributed by atoms with E-state index < -0.39 is 10.0 Å². The highest BCUT2D eigenvalue weighted by Crippen LogP contribution is 2.18. The molecule has 6 heteroatoms. The maximum Gasteiger partial charge on any atom is 0.242 e. The molecule has 0 spiro atoms. The maximum atomic E-state index is 11.9. The van der Waals surface area contributed by atoms with Crippen LogP contribution in [0.4, 0.5) is 0 Å². The van der Waals surface area contributed by atoms with Crippen LogP contribution in [-0.4, -0.2) is 38.0 Å².